The third kappa shape index (κ3) is 4.32. The zero-order valence-corrected chi connectivity index (χ0v) is 19.3. The van der Waals surface area contributed by atoms with E-state index in [-0.39, 0.29) is 11.5 Å². The van der Waals surface area contributed by atoms with E-state index < -0.39 is 0 Å². The molecule has 2 aliphatic rings. The van der Waals surface area contributed by atoms with Gasteiger partial charge in [0.05, 0.1) is 12.2 Å². The normalized spacial score (nSPS) is 23.1. The molecule has 2 aromatic carbocycles. The lowest BCUT2D eigenvalue weighted by Crippen LogP contribution is -2.55. The highest BCUT2D eigenvalue weighted by Gasteiger charge is 2.50. The predicted molar refractivity (Wildman–Crippen MR) is 130 cm³/mol. The fourth-order valence-electron chi connectivity index (χ4n) is 4.37. The van der Waals surface area contributed by atoms with Crippen LogP contribution in [0.15, 0.2) is 53.5 Å². The number of carbonyl (C=O) groups is 1. The van der Waals surface area contributed by atoms with E-state index in [0.717, 1.165) is 42.9 Å². The van der Waals surface area contributed by atoms with Crippen LogP contribution >= 0.6 is 23.8 Å². The van der Waals surface area contributed by atoms with Crippen molar-refractivity contribution in [2.75, 3.05) is 16.8 Å². The summed E-state index contributed by atoms with van der Waals surface area (Å²) < 4.78 is 5.11. The molecule has 1 spiro atoms. The molecule has 1 aliphatic carbocycles. The van der Waals surface area contributed by atoms with Crippen LogP contribution in [0.5, 0.6) is 0 Å². The third-order valence-electron chi connectivity index (χ3n) is 6.11. The highest BCUT2D eigenvalue weighted by Crippen LogP contribution is 2.43. The molecule has 0 saturated heterocycles. The second-order valence-electron chi connectivity index (χ2n) is 8.19. The minimum Gasteiger partial charge on any atom is -0.462 e. The first-order valence-corrected chi connectivity index (χ1v) is 11.4. The SMILES string of the molecule is CCOC(=O)c1ccc(N2C(=S)N=C(Nc3ccc(Cl)cc3)C23CCC(C)CC3)cc1. The Morgan fingerprint density at radius 1 is 1.19 bits per heavy atom. The molecule has 162 valence electrons. The maximum atomic E-state index is 12.0. The smallest absolute Gasteiger partial charge is 0.338 e. The van der Waals surface area contributed by atoms with Gasteiger partial charge in [-0.3, -0.25) is 0 Å². The average Bonchev–Trinajstić information content (AvgIpc) is 3.03. The maximum Gasteiger partial charge on any atom is 0.338 e. The quantitative estimate of drug-likeness (QED) is 0.447. The average molecular weight is 456 g/mol. The molecule has 1 saturated carbocycles. The lowest BCUT2D eigenvalue weighted by molar-refractivity contribution is 0.0526. The van der Waals surface area contributed by atoms with Gasteiger partial charge in [-0.15, -0.1) is 0 Å². The monoisotopic (exact) mass is 455 g/mol. The second-order valence-corrected chi connectivity index (χ2v) is 8.99. The van der Waals surface area contributed by atoms with Gasteiger partial charge in [-0.2, -0.15) is 0 Å². The zero-order chi connectivity index (χ0) is 22.0. The molecule has 31 heavy (non-hydrogen) atoms. The van der Waals surface area contributed by atoms with Crippen LogP contribution in [0.1, 0.15) is 49.9 Å². The Bertz CT molecular complexity index is 996. The number of hydrogen-bond acceptors (Lipinski definition) is 4. The van der Waals surface area contributed by atoms with Gasteiger partial charge in [0.15, 0.2) is 0 Å². The fourth-order valence-corrected chi connectivity index (χ4v) is 4.87. The number of nitrogens with one attached hydrogen (secondary N) is 1. The van der Waals surface area contributed by atoms with Crippen molar-refractivity contribution in [2.45, 2.75) is 45.1 Å². The molecule has 1 fully saturated rings. The van der Waals surface area contributed by atoms with E-state index >= 15 is 0 Å². The number of thiocarbonyl (C=S) groups is 1. The Morgan fingerprint density at radius 2 is 1.84 bits per heavy atom. The zero-order valence-electron chi connectivity index (χ0n) is 17.7. The lowest BCUT2D eigenvalue weighted by atomic mass is 9.75. The molecular weight excluding hydrogens is 430 g/mol. The van der Waals surface area contributed by atoms with Gasteiger partial charge in [0, 0.05) is 16.4 Å². The molecule has 1 N–H and O–H groups in total. The van der Waals surface area contributed by atoms with Gasteiger partial charge in [-0.25, -0.2) is 9.79 Å². The van der Waals surface area contributed by atoms with Crippen molar-refractivity contribution < 1.29 is 9.53 Å². The van der Waals surface area contributed by atoms with E-state index in [1.165, 1.54) is 0 Å². The minimum absolute atomic E-state index is 0.319. The largest absolute Gasteiger partial charge is 0.462 e. The molecule has 2 aromatic rings. The van der Waals surface area contributed by atoms with Crippen molar-refractivity contribution in [2.24, 2.45) is 10.9 Å². The van der Waals surface area contributed by atoms with Gasteiger partial charge < -0.3 is 15.0 Å². The number of amidine groups is 1. The van der Waals surface area contributed by atoms with Gasteiger partial charge in [-0.1, -0.05) is 18.5 Å². The van der Waals surface area contributed by atoms with E-state index in [4.69, 9.17) is 33.5 Å². The van der Waals surface area contributed by atoms with E-state index in [9.17, 15) is 4.79 Å². The molecule has 4 rings (SSSR count). The third-order valence-corrected chi connectivity index (χ3v) is 6.64. The van der Waals surface area contributed by atoms with Crippen molar-refractivity contribution >= 4 is 52.1 Å². The minimum atomic E-state index is -0.325. The highest BCUT2D eigenvalue weighted by atomic mass is 35.5. The van der Waals surface area contributed by atoms with Crippen molar-refractivity contribution in [1.29, 1.82) is 0 Å². The predicted octanol–water partition coefficient (Wildman–Crippen LogP) is 6.08. The first-order chi connectivity index (χ1) is 14.9. The summed E-state index contributed by atoms with van der Waals surface area (Å²) >= 11 is 11.8. The van der Waals surface area contributed by atoms with Crippen LogP contribution in [0.25, 0.3) is 0 Å². The number of aliphatic imine (C=N–C) groups is 1. The van der Waals surface area contributed by atoms with Crippen molar-refractivity contribution in [3.8, 4) is 0 Å². The van der Waals surface area contributed by atoms with Crippen LogP contribution in [0, 0.1) is 5.92 Å². The van der Waals surface area contributed by atoms with Crippen LogP contribution in [0.2, 0.25) is 5.02 Å². The Morgan fingerprint density at radius 3 is 2.45 bits per heavy atom. The Hall–Kier alpha value is -2.44. The van der Waals surface area contributed by atoms with Crippen molar-refractivity contribution in [3.63, 3.8) is 0 Å². The first-order valence-electron chi connectivity index (χ1n) is 10.7. The summed E-state index contributed by atoms with van der Waals surface area (Å²) in [5, 5.41) is 4.74. The molecule has 7 heteroatoms. The number of carbonyl (C=O) groups excluding carboxylic acids is 1. The summed E-state index contributed by atoms with van der Waals surface area (Å²) in [4.78, 5) is 19.0. The number of halogens is 1. The highest BCUT2D eigenvalue weighted by molar-refractivity contribution is 7.80. The molecule has 0 atom stereocenters. The Balaban J connectivity index is 1.66. The molecule has 0 amide bonds. The maximum absolute atomic E-state index is 12.0. The van der Waals surface area contributed by atoms with Crippen LogP contribution in [0.3, 0.4) is 0 Å². The van der Waals surface area contributed by atoms with E-state index in [1.54, 1.807) is 19.1 Å². The molecular formula is C24H26ClN3O2S. The summed E-state index contributed by atoms with van der Waals surface area (Å²) in [6.07, 6.45) is 4.10. The number of rotatable bonds is 4. The summed E-state index contributed by atoms with van der Waals surface area (Å²) in [6, 6.07) is 15.1. The second kappa shape index (κ2) is 8.97. The summed E-state index contributed by atoms with van der Waals surface area (Å²) in [5.74, 6) is 1.23. The van der Waals surface area contributed by atoms with E-state index in [1.807, 2.05) is 36.4 Å². The fraction of sp³-hybridized carbons (Fsp3) is 0.375. The summed E-state index contributed by atoms with van der Waals surface area (Å²) in [6.45, 7) is 4.45. The number of benzene rings is 2. The number of ether oxygens (including phenoxy) is 1. The number of esters is 1. The van der Waals surface area contributed by atoms with Gasteiger partial charge in [-0.05, 0) is 99.3 Å². The van der Waals surface area contributed by atoms with Gasteiger partial charge in [0.1, 0.15) is 11.4 Å². The van der Waals surface area contributed by atoms with Crippen molar-refractivity contribution in [3.05, 3.63) is 59.1 Å². The molecule has 0 radical (unpaired) electrons. The lowest BCUT2D eigenvalue weighted by Gasteiger charge is -2.44. The molecule has 0 aromatic heterocycles. The number of nitrogens with zero attached hydrogens (tertiary/aromatic N) is 2. The van der Waals surface area contributed by atoms with Crippen LogP contribution in [0.4, 0.5) is 11.4 Å². The molecule has 1 heterocycles. The molecule has 5 nitrogen and oxygen atoms in total. The summed E-state index contributed by atoms with van der Waals surface area (Å²) in [7, 11) is 0. The van der Waals surface area contributed by atoms with Crippen LogP contribution in [-0.4, -0.2) is 29.1 Å². The van der Waals surface area contributed by atoms with Gasteiger partial charge in [0.25, 0.3) is 0 Å². The van der Waals surface area contributed by atoms with Gasteiger partial charge >= 0.3 is 5.97 Å². The van der Waals surface area contributed by atoms with E-state index in [2.05, 4.69) is 17.1 Å². The molecule has 1 aliphatic heterocycles. The number of hydrogen-bond donors (Lipinski definition) is 1. The standard InChI is InChI=1S/C24H26ClN3O2S/c1-3-30-21(29)17-4-10-20(11-5-17)28-23(31)27-22(24(28)14-12-16(2)13-15-24)26-19-8-6-18(25)7-9-19/h4-11,16H,3,12-15H2,1-2H3,(H,26,27,31). The first kappa shape index (κ1) is 21.8. The molecule has 0 unspecified atom stereocenters. The topological polar surface area (TPSA) is 53.9 Å². The molecule has 0 bridgehead atoms. The summed E-state index contributed by atoms with van der Waals surface area (Å²) in [5.41, 5.74) is 2.07. The van der Waals surface area contributed by atoms with Crippen molar-refractivity contribution in [1.82, 2.24) is 0 Å². The van der Waals surface area contributed by atoms with Gasteiger partial charge in [0.2, 0.25) is 5.11 Å². The number of anilines is 2. The van der Waals surface area contributed by atoms with Crippen LogP contribution < -0.4 is 10.2 Å². The Kier molecular flexibility index (Phi) is 6.30. The Labute approximate surface area is 193 Å². The van der Waals surface area contributed by atoms with Crippen LogP contribution in [-0.2, 0) is 4.74 Å². The van der Waals surface area contributed by atoms with E-state index in [0.29, 0.717) is 28.2 Å².